The number of H-pyrrole nitrogens is 1. The Morgan fingerprint density at radius 3 is 2.73 bits per heavy atom. The molecule has 0 saturated carbocycles. The zero-order valence-corrected chi connectivity index (χ0v) is 7.07. The van der Waals surface area contributed by atoms with E-state index in [-0.39, 0.29) is 0 Å². The molecule has 0 bridgehead atoms. The molecule has 0 aliphatic carbocycles. The van der Waals surface area contributed by atoms with Crippen LogP contribution in [0, 0.1) is 6.92 Å². The predicted molar refractivity (Wildman–Crippen MR) is 48.3 cm³/mol. The average molecular weight is 169 g/mol. The van der Waals surface area contributed by atoms with Gasteiger partial charge < -0.3 is 0 Å². The summed E-state index contributed by atoms with van der Waals surface area (Å²) in [5, 5.41) is 7.26. The summed E-state index contributed by atoms with van der Waals surface area (Å²) in [5.41, 5.74) is 2.52. The van der Waals surface area contributed by atoms with Crippen molar-refractivity contribution >= 4 is 22.7 Å². The fourth-order valence-electron chi connectivity index (χ4n) is 0.938. The number of halogens is 1. The summed E-state index contributed by atoms with van der Waals surface area (Å²) in [5.74, 6) is 0. The Labute approximate surface area is 70.6 Å². The minimum Gasteiger partial charge on any atom is -0.282 e. The van der Waals surface area contributed by atoms with Crippen LogP contribution in [0.15, 0.2) is 13.2 Å². The van der Waals surface area contributed by atoms with E-state index in [2.05, 4.69) is 23.4 Å². The number of hydrogen-bond donors (Lipinski definition) is 1. The average Bonchev–Trinajstić information content (AvgIpc) is 2.30. The summed E-state index contributed by atoms with van der Waals surface area (Å²) in [7, 11) is 0. The van der Waals surface area contributed by atoms with E-state index in [0.717, 1.165) is 17.0 Å². The van der Waals surface area contributed by atoms with Crippen LogP contribution in [-0.4, -0.2) is 10.2 Å². The summed E-state index contributed by atoms with van der Waals surface area (Å²) in [6.45, 7) is 9.12. The molecule has 0 fully saturated rings. The summed E-state index contributed by atoms with van der Waals surface area (Å²) in [4.78, 5) is 0. The van der Waals surface area contributed by atoms with E-state index in [1.807, 2.05) is 6.92 Å². The normalized spacial score (nSPS) is 9.64. The highest BCUT2D eigenvalue weighted by atomic mass is 35.5. The highest BCUT2D eigenvalue weighted by Crippen LogP contribution is 2.23. The number of nitrogens with zero attached hydrogens (tertiary/aromatic N) is 1. The Morgan fingerprint density at radius 2 is 2.36 bits per heavy atom. The van der Waals surface area contributed by atoms with Crippen molar-refractivity contribution in [3.63, 3.8) is 0 Å². The smallest absolute Gasteiger partial charge is 0.0932 e. The first-order valence-corrected chi connectivity index (χ1v) is 3.56. The fourth-order valence-corrected chi connectivity index (χ4v) is 1.18. The van der Waals surface area contributed by atoms with E-state index >= 15 is 0 Å². The minimum atomic E-state index is 0.492. The van der Waals surface area contributed by atoms with E-state index in [1.165, 1.54) is 0 Å². The molecular formula is C8H9ClN2. The lowest BCUT2D eigenvalue weighted by Gasteiger charge is -1.94. The van der Waals surface area contributed by atoms with E-state index < -0.39 is 0 Å². The summed E-state index contributed by atoms with van der Waals surface area (Å²) in [6.07, 6.45) is 1.65. The molecular weight excluding hydrogens is 160 g/mol. The highest BCUT2D eigenvalue weighted by Gasteiger charge is 2.08. The van der Waals surface area contributed by atoms with Gasteiger partial charge in [-0.05, 0) is 13.0 Å². The highest BCUT2D eigenvalue weighted by molar-refractivity contribution is 6.48. The van der Waals surface area contributed by atoms with Crippen LogP contribution in [0.2, 0.25) is 0 Å². The van der Waals surface area contributed by atoms with Crippen molar-refractivity contribution in [2.45, 2.75) is 6.92 Å². The topological polar surface area (TPSA) is 28.7 Å². The third-order valence-corrected chi connectivity index (χ3v) is 1.63. The molecule has 0 saturated heterocycles. The number of rotatable bonds is 2. The number of aromatic nitrogens is 2. The number of nitrogens with one attached hydrogen (secondary N) is 1. The van der Waals surface area contributed by atoms with Gasteiger partial charge in [0.05, 0.1) is 5.69 Å². The van der Waals surface area contributed by atoms with E-state index in [0.29, 0.717) is 5.03 Å². The van der Waals surface area contributed by atoms with Crippen LogP contribution in [0.25, 0.3) is 11.1 Å². The maximum absolute atomic E-state index is 5.73. The van der Waals surface area contributed by atoms with Crippen LogP contribution in [0.4, 0.5) is 0 Å². The van der Waals surface area contributed by atoms with Gasteiger partial charge in [0.2, 0.25) is 0 Å². The quantitative estimate of drug-likeness (QED) is 0.723. The molecule has 3 heteroatoms. The summed E-state index contributed by atoms with van der Waals surface area (Å²) >= 11 is 5.73. The molecule has 1 heterocycles. The molecule has 58 valence electrons. The Bertz CT molecular complexity index is 299. The van der Waals surface area contributed by atoms with E-state index in [4.69, 9.17) is 11.6 Å². The second-order valence-electron chi connectivity index (χ2n) is 2.22. The molecule has 0 unspecified atom stereocenters. The number of hydrogen-bond acceptors (Lipinski definition) is 1. The monoisotopic (exact) mass is 168 g/mol. The largest absolute Gasteiger partial charge is 0.282 e. The molecule has 11 heavy (non-hydrogen) atoms. The lowest BCUT2D eigenvalue weighted by molar-refractivity contribution is 1.04. The van der Waals surface area contributed by atoms with Gasteiger partial charge in [0, 0.05) is 16.3 Å². The molecule has 0 aliphatic rings. The second kappa shape index (κ2) is 2.93. The van der Waals surface area contributed by atoms with Crippen molar-refractivity contribution in [1.29, 1.82) is 0 Å². The molecule has 0 amide bonds. The molecule has 1 aromatic heterocycles. The molecule has 2 nitrogen and oxygen atoms in total. The Morgan fingerprint density at radius 1 is 1.73 bits per heavy atom. The SMILES string of the molecule is C=Cc1n[nH]c(C)c1C(=C)Cl. The summed E-state index contributed by atoms with van der Waals surface area (Å²) in [6, 6.07) is 0. The van der Waals surface area contributed by atoms with Crippen LogP contribution in [0.1, 0.15) is 17.0 Å². The van der Waals surface area contributed by atoms with E-state index in [9.17, 15) is 0 Å². The van der Waals surface area contributed by atoms with Gasteiger partial charge in [-0.15, -0.1) is 0 Å². The fraction of sp³-hybridized carbons (Fsp3) is 0.125. The van der Waals surface area contributed by atoms with Gasteiger partial charge in [0.15, 0.2) is 0 Å². The minimum absolute atomic E-state index is 0.492. The van der Waals surface area contributed by atoms with Crippen LogP contribution in [0.3, 0.4) is 0 Å². The standard InChI is InChI=1S/C8H9ClN2/c1-4-7-8(5(2)9)6(3)10-11-7/h4H,1-2H2,3H3,(H,10,11). The van der Waals surface area contributed by atoms with Crippen molar-refractivity contribution in [1.82, 2.24) is 10.2 Å². The maximum atomic E-state index is 5.73. The lowest BCUT2D eigenvalue weighted by atomic mass is 10.2. The first-order chi connectivity index (χ1) is 5.16. The molecule has 0 aromatic carbocycles. The Balaban J connectivity index is 3.28. The van der Waals surface area contributed by atoms with Crippen LogP contribution in [0.5, 0.6) is 0 Å². The predicted octanol–water partition coefficient (Wildman–Crippen LogP) is 2.57. The van der Waals surface area contributed by atoms with Gasteiger partial charge in [0.25, 0.3) is 0 Å². The zero-order chi connectivity index (χ0) is 8.43. The molecule has 1 N–H and O–H groups in total. The van der Waals surface area contributed by atoms with Crippen LogP contribution >= 0.6 is 11.6 Å². The second-order valence-corrected chi connectivity index (χ2v) is 2.67. The van der Waals surface area contributed by atoms with Crippen molar-refractivity contribution in [2.75, 3.05) is 0 Å². The number of aryl methyl sites for hydroxylation is 1. The first kappa shape index (κ1) is 8.08. The zero-order valence-electron chi connectivity index (χ0n) is 6.32. The third-order valence-electron chi connectivity index (χ3n) is 1.44. The van der Waals surface area contributed by atoms with Gasteiger partial charge in [-0.1, -0.05) is 24.8 Å². The first-order valence-electron chi connectivity index (χ1n) is 3.19. The van der Waals surface area contributed by atoms with Crippen LogP contribution in [-0.2, 0) is 0 Å². The summed E-state index contributed by atoms with van der Waals surface area (Å²) < 4.78 is 0. The third kappa shape index (κ3) is 1.35. The van der Waals surface area contributed by atoms with Crippen molar-refractivity contribution in [3.05, 3.63) is 30.1 Å². The van der Waals surface area contributed by atoms with E-state index in [1.54, 1.807) is 6.08 Å². The van der Waals surface area contributed by atoms with Gasteiger partial charge in [-0.25, -0.2) is 0 Å². The molecule has 1 aromatic rings. The molecule has 0 spiro atoms. The molecule has 0 radical (unpaired) electrons. The number of aromatic amines is 1. The lowest BCUT2D eigenvalue weighted by Crippen LogP contribution is -1.79. The Kier molecular flexibility index (Phi) is 2.15. The molecule has 0 aliphatic heterocycles. The van der Waals surface area contributed by atoms with Crippen molar-refractivity contribution in [3.8, 4) is 0 Å². The Hall–Kier alpha value is -1.02. The molecule has 1 rings (SSSR count). The van der Waals surface area contributed by atoms with Gasteiger partial charge >= 0.3 is 0 Å². The van der Waals surface area contributed by atoms with Crippen LogP contribution < -0.4 is 0 Å². The maximum Gasteiger partial charge on any atom is 0.0932 e. The van der Waals surface area contributed by atoms with Crippen molar-refractivity contribution < 1.29 is 0 Å². The van der Waals surface area contributed by atoms with Crippen molar-refractivity contribution in [2.24, 2.45) is 0 Å². The van der Waals surface area contributed by atoms with Gasteiger partial charge in [0.1, 0.15) is 0 Å². The van der Waals surface area contributed by atoms with Gasteiger partial charge in [-0.2, -0.15) is 5.10 Å². The molecule has 0 atom stereocenters. The van der Waals surface area contributed by atoms with Gasteiger partial charge in [-0.3, -0.25) is 5.10 Å².